The highest BCUT2D eigenvalue weighted by Gasteiger charge is 2.28. The van der Waals surface area contributed by atoms with Gasteiger partial charge in [0.05, 0.1) is 24.7 Å². The fourth-order valence-electron chi connectivity index (χ4n) is 2.60. The van der Waals surface area contributed by atoms with Crippen LogP contribution in [0.3, 0.4) is 0 Å². The Balaban J connectivity index is 2.25. The van der Waals surface area contributed by atoms with Crippen LogP contribution in [0.4, 0.5) is 17.2 Å². The number of methoxy groups -OCH3 is 2. The third kappa shape index (κ3) is 2.90. The van der Waals surface area contributed by atoms with Gasteiger partial charge in [-0.25, -0.2) is 9.97 Å². The fraction of sp³-hybridized carbons (Fsp3) is 0.176. The van der Waals surface area contributed by atoms with Crippen LogP contribution in [0.5, 0.6) is 17.2 Å². The summed E-state index contributed by atoms with van der Waals surface area (Å²) in [7, 11) is 2.72. The van der Waals surface area contributed by atoms with E-state index in [1.54, 1.807) is 25.1 Å². The maximum atomic E-state index is 11.7. The molecule has 0 unspecified atom stereocenters. The van der Waals surface area contributed by atoms with Gasteiger partial charge in [0.2, 0.25) is 5.75 Å². The Labute approximate surface area is 148 Å². The number of hydrogen-bond donors (Lipinski definition) is 2. The monoisotopic (exact) mass is 356 g/mol. The molecule has 0 saturated heterocycles. The lowest BCUT2D eigenvalue weighted by atomic mass is 10.1. The van der Waals surface area contributed by atoms with Crippen LogP contribution in [0.1, 0.15) is 5.56 Å². The number of nitrogens with one attached hydrogen (secondary N) is 1. The molecule has 2 aromatic carbocycles. The summed E-state index contributed by atoms with van der Waals surface area (Å²) in [6.45, 7) is 1.77. The van der Waals surface area contributed by atoms with E-state index in [0.29, 0.717) is 16.8 Å². The first-order chi connectivity index (χ1) is 12.5. The first-order valence-corrected chi connectivity index (χ1v) is 7.57. The van der Waals surface area contributed by atoms with Gasteiger partial charge >= 0.3 is 5.69 Å². The van der Waals surface area contributed by atoms with Crippen LogP contribution in [-0.4, -0.2) is 34.2 Å². The average Bonchev–Trinajstić information content (AvgIpc) is 2.63. The molecule has 0 amide bonds. The third-order valence-electron chi connectivity index (χ3n) is 3.90. The van der Waals surface area contributed by atoms with E-state index in [9.17, 15) is 15.2 Å². The summed E-state index contributed by atoms with van der Waals surface area (Å²) in [5.41, 5.74) is 1.25. The van der Waals surface area contributed by atoms with Crippen LogP contribution in [0, 0.1) is 17.0 Å². The van der Waals surface area contributed by atoms with Gasteiger partial charge in [0.25, 0.3) is 0 Å². The predicted molar refractivity (Wildman–Crippen MR) is 95.4 cm³/mol. The Morgan fingerprint density at radius 1 is 1.19 bits per heavy atom. The van der Waals surface area contributed by atoms with Crippen LogP contribution in [0.15, 0.2) is 30.6 Å². The zero-order valence-corrected chi connectivity index (χ0v) is 14.3. The first-order valence-electron chi connectivity index (χ1n) is 7.57. The molecule has 9 heteroatoms. The number of aromatic hydroxyl groups is 1. The van der Waals surface area contributed by atoms with Crippen molar-refractivity contribution in [2.24, 2.45) is 0 Å². The topological polar surface area (TPSA) is 120 Å². The molecule has 2 N–H and O–H groups in total. The number of nitrogens with zero attached hydrogens (tertiary/aromatic N) is 3. The van der Waals surface area contributed by atoms with Crippen molar-refractivity contribution in [3.8, 4) is 17.2 Å². The van der Waals surface area contributed by atoms with Gasteiger partial charge in [-0.05, 0) is 18.6 Å². The van der Waals surface area contributed by atoms with E-state index in [2.05, 4.69) is 15.3 Å². The highest BCUT2D eigenvalue weighted by atomic mass is 16.6. The molecule has 0 fully saturated rings. The highest BCUT2D eigenvalue weighted by Crippen LogP contribution is 2.44. The summed E-state index contributed by atoms with van der Waals surface area (Å²) < 4.78 is 10.4. The molecule has 1 aromatic heterocycles. The average molecular weight is 356 g/mol. The Morgan fingerprint density at radius 3 is 2.58 bits per heavy atom. The van der Waals surface area contributed by atoms with E-state index in [1.165, 1.54) is 26.6 Å². The Kier molecular flexibility index (Phi) is 4.44. The number of nitro benzene ring substituents is 1. The van der Waals surface area contributed by atoms with Crippen molar-refractivity contribution in [3.63, 3.8) is 0 Å². The lowest BCUT2D eigenvalue weighted by molar-refractivity contribution is -0.384. The van der Waals surface area contributed by atoms with Gasteiger partial charge in [0, 0.05) is 17.8 Å². The quantitative estimate of drug-likeness (QED) is 0.528. The molecule has 134 valence electrons. The molecule has 0 aliphatic rings. The van der Waals surface area contributed by atoms with Crippen molar-refractivity contribution in [3.05, 3.63) is 46.3 Å². The summed E-state index contributed by atoms with van der Waals surface area (Å²) >= 11 is 0. The molecule has 1 heterocycles. The van der Waals surface area contributed by atoms with Gasteiger partial charge < -0.3 is 19.9 Å². The minimum Gasteiger partial charge on any atom is -0.508 e. The number of benzene rings is 2. The maximum absolute atomic E-state index is 11.7. The van der Waals surface area contributed by atoms with Crippen LogP contribution in [0.2, 0.25) is 0 Å². The van der Waals surface area contributed by atoms with E-state index in [1.807, 2.05) is 0 Å². The van der Waals surface area contributed by atoms with E-state index in [-0.39, 0.29) is 34.1 Å². The molecule has 0 atom stereocenters. The second kappa shape index (κ2) is 6.71. The normalized spacial score (nSPS) is 10.6. The highest BCUT2D eigenvalue weighted by molar-refractivity contribution is 6.01. The summed E-state index contributed by atoms with van der Waals surface area (Å²) in [6, 6.07) is 6.51. The molecule has 0 spiro atoms. The lowest BCUT2D eigenvalue weighted by Gasteiger charge is -2.13. The largest absolute Gasteiger partial charge is 0.508 e. The second-order valence-electron chi connectivity index (χ2n) is 5.46. The number of ether oxygens (including phenoxy) is 2. The maximum Gasteiger partial charge on any atom is 0.327 e. The van der Waals surface area contributed by atoms with Crippen molar-refractivity contribution < 1.29 is 19.5 Å². The summed E-state index contributed by atoms with van der Waals surface area (Å²) in [4.78, 5) is 19.4. The number of nitro groups is 1. The van der Waals surface area contributed by atoms with Crippen molar-refractivity contribution in [2.75, 3.05) is 19.5 Å². The number of phenolic OH excluding ortho intramolecular Hbond substituents is 1. The molecular formula is C17H16N4O5. The Hall–Kier alpha value is -3.62. The SMILES string of the molecule is COc1cc2ncnc(Nc3ccc(C)c(O)c3)c2c([N+](=O)[O-])c1OC. The molecule has 3 aromatic rings. The number of phenols is 1. The fourth-order valence-corrected chi connectivity index (χ4v) is 2.60. The Bertz CT molecular complexity index is 1010. The van der Waals surface area contributed by atoms with Crippen molar-refractivity contribution in [1.82, 2.24) is 9.97 Å². The molecule has 9 nitrogen and oxygen atoms in total. The van der Waals surface area contributed by atoms with Gasteiger partial charge in [-0.3, -0.25) is 10.1 Å². The van der Waals surface area contributed by atoms with Gasteiger partial charge in [-0.1, -0.05) is 6.07 Å². The first kappa shape index (κ1) is 17.2. The van der Waals surface area contributed by atoms with Crippen molar-refractivity contribution in [1.29, 1.82) is 0 Å². The predicted octanol–water partition coefficient (Wildman–Crippen LogP) is 3.31. The minimum atomic E-state index is -0.565. The molecule has 26 heavy (non-hydrogen) atoms. The summed E-state index contributed by atoms with van der Waals surface area (Å²) in [5.74, 6) is 0.493. The standard InChI is InChI=1S/C17H16N4O5/c1-9-4-5-10(6-12(9)22)20-17-14-11(18-8-19-17)7-13(25-2)16(26-3)15(14)21(23)24/h4-8,22H,1-3H3,(H,18,19,20). The van der Waals surface area contributed by atoms with E-state index in [4.69, 9.17) is 9.47 Å². The molecule has 0 aliphatic heterocycles. The molecule has 0 bridgehead atoms. The molecular weight excluding hydrogens is 340 g/mol. The lowest BCUT2D eigenvalue weighted by Crippen LogP contribution is -2.03. The van der Waals surface area contributed by atoms with Gasteiger partial charge in [-0.2, -0.15) is 0 Å². The van der Waals surface area contributed by atoms with E-state index >= 15 is 0 Å². The zero-order chi connectivity index (χ0) is 18.8. The van der Waals surface area contributed by atoms with Crippen molar-refractivity contribution in [2.45, 2.75) is 6.92 Å². The zero-order valence-electron chi connectivity index (χ0n) is 14.3. The van der Waals surface area contributed by atoms with E-state index < -0.39 is 4.92 Å². The summed E-state index contributed by atoms with van der Waals surface area (Å²) in [6.07, 6.45) is 1.29. The molecule has 3 rings (SSSR count). The number of rotatable bonds is 5. The number of hydrogen-bond acceptors (Lipinski definition) is 8. The van der Waals surface area contributed by atoms with Crippen LogP contribution in [0.25, 0.3) is 10.9 Å². The number of aryl methyl sites for hydroxylation is 1. The van der Waals surface area contributed by atoms with Gasteiger partial charge in [0.15, 0.2) is 5.75 Å². The van der Waals surface area contributed by atoms with Crippen LogP contribution >= 0.6 is 0 Å². The van der Waals surface area contributed by atoms with Crippen LogP contribution in [-0.2, 0) is 0 Å². The van der Waals surface area contributed by atoms with Gasteiger partial charge in [-0.15, -0.1) is 0 Å². The summed E-state index contributed by atoms with van der Waals surface area (Å²) in [5, 5.41) is 24.7. The second-order valence-corrected chi connectivity index (χ2v) is 5.46. The van der Waals surface area contributed by atoms with E-state index in [0.717, 1.165) is 0 Å². The Morgan fingerprint density at radius 2 is 1.96 bits per heavy atom. The van der Waals surface area contributed by atoms with Crippen LogP contribution < -0.4 is 14.8 Å². The third-order valence-corrected chi connectivity index (χ3v) is 3.90. The van der Waals surface area contributed by atoms with Gasteiger partial charge in [0.1, 0.15) is 23.3 Å². The molecule has 0 aliphatic carbocycles. The molecule has 0 saturated carbocycles. The minimum absolute atomic E-state index is 0.0189. The van der Waals surface area contributed by atoms with Crippen molar-refractivity contribution >= 4 is 28.1 Å². The number of anilines is 2. The molecule has 0 radical (unpaired) electrons. The number of fused-ring (bicyclic) bond motifs is 1. The smallest absolute Gasteiger partial charge is 0.327 e. The number of aromatic nitrogens is 2.